The molecule has 2 aliphatic carbocycles. The smallest absolute Gasteiger partial charge is 0.303 e. The van der Waals surface area contributed by atoms with E-state index in [4.69, 9.17) is 5.11 Å². The summed E-state index contributed by atoms with van der Waals surface area (Å²) in [6, 6.07) is 0. The molecule has 4 heteroatoms. The molecule has 4 nitrogen and oxygen atoms in total. The molecule has 0 amide bonds. The van der Waals surface area contributed by atoms with Gasteiger partial charge in [0.1, 0.15) is 5.78 Å². The molecule has 0 aromatic rings. The van der Waals surface area contributed by atoms with Crippen molar-refractivity contribution in [3.8, 4) is 0 Å². The molecule has 2 atom stereocenters. The minimum absolute atomic E-state index is 0.0483. The van der Waals surface area contributed by atoms with Crippen molar-refractivity contribution in [2.24, 2.45) is 11.8 Å². The normalized spacial score (nSPS) is 24.0. The summed E-state index contributed by atoms with van der Waals surface area (Å²) in [7, 11) is 0. The summed E-state index contributed by atoms with van der Waals surface area (Å²) in [6.45, 7) is 1.97. The Morgan fingerprint density at radius 1 is 1.27 bits per heavy atom. The molecular formula is C22H34O4. The molecule has 0 aromatic heterocycles. The fraction of sp³-hybridized carbons (Fsp3) is 0.727. The maximum atomic E-state index is 12.2. The van der Waals surface area contributed by atoms with Crippen LogP contribution in [0, 0.1) is 11.8 Å². The first-order chi connectivity index (χ1) is 12.4. The largest absolute Gasteiger partial charge is 0.481 e. The molecule has 0 aromatic carbocycles. The van der Waals surface area contributed by atoms with Gasteiger partial charge in [-0.3, -0.25) is 9.59 Å². The van der Waals surface area contributed by atoms with E-state index in [-0.39, 0.29) is 18.1 Å². The number of carboxylic acids is 1. The van der Waals surface area contributed by atoms with Crippen LogP contribution in [0.25, 0.3) is 0 Å². The van der Waals surface area contributed by atoms with E-state index in [1.165, 1.54) is 24.8 Å². The first kappa shape index (κ1) is 20.9. The van der Waals surface area contributed by atoms with Gasteiger partial charge in [0, 0.05) is 18.8 Å². The number of carbonyl (C=O) groups excluding carboxylic acids is 1. The lowest BCUT2D eigenvalue weighted by Gasteiger charge is -2.36. The Kier molecular flexibility index (Phi) is 8.08. The first-order valence-corrected chi connectivity index (χ1v) is 10.2. The number of aliphatic carboxylic acids is 1. The number of ketones is 1. The first-order valence-electron chi connectivity index (χ1n) is 10.2. The molecule has 1 saturated carbocycles. The van der Waals surface area contributed by atoms with Crippen LogP contribution in [0.3, 0.4) is 0 Å². The molecule has 0 heterocycles. The van der Waals surface area contributed by atoms with Crippen LogP contribution < -0.4 is 0 Å². The van der Waals surface area contributed by atoms with Crippen LogP contribution in [0.1, 0.15) is 84.0 Å². The minimum Gasteiger partial charge on any atom is -0.481 e. The lowest BCUT2D eigenvalue weighted by atomic mass is 9.75. The molecule has 0 spiro atoms. The highest BCUT2D eigenvalue weighted by molar-refractivity contribution is 5.88. The van der Waals surface area contributed by atoms with Gasteiger partial charge in [0.15, 0.2) is 0 Å². The van der Waals surface area contributed by atoms with E-state index in [9.17, 15) is 14.7 Å². The molecule has 0 bridgehead atoms. The van der Waals surface area contributed by atoms with Crippen molar-refractivity contribution in [1.82, 2.24) is 0 Å². The topological polar surface area (TPSA) is 74.6 Å². The van der Waals surface area contributed by atoms with E-state index >= 15 is 0 Å². The van der Waals surface area contributed by atoms with Crippen LogP contribution in [0.2, 0.25) is 0 Å². The van der Waals surface area contributed by atoms with E-state index in [1.54, 1.807) is 0 Å². The Labute approximate surface area is 157 Å². The van der Waals surface area contributed by atoms with Crippen LogP contribution in [0.4, 0.5) is 0 Å². The molecule has 0 unspecified atom stereocenters. The maximum absolute atomic E-state index is 12.2. The molecule has 2 rings (SSSR count). The Bertz CT molecular complexity index is 538. The van der Waals surface area contributed by atoms with E-state index in [0.29, 0.717) is 25.2 Å². The summed E-state index contributed by atoms with van der Waals surface area (Å²) in [5.41, 5.74) is 0.547. The molecule has 0 aliphatic heterocycles. The van der Waals surface area contributed by atoms with E-state index in [0.717, 1.165) is 32.1 Å². The number of hydrogen-bond acceptors (Lipinski definition) is 3. The maximum Gasteiger partial charge on any atom is 0.303 e. The summed E-state index contributed by atoms with van der Waals surface area (Å²) in [6.07, 6.45) is 16.3. The molecule has 2 aliphatic rings. The Balaban J connectivity index is 1.79. The molecule has 2 N–H and O–H groups in total. The number of allylic oxidation sites excluding steroid dienone is 4. The van der Waals surface area contributed by atoms with Gasteiger partial charge >= 0.3 is 5.97 Å². The van der Waals surface area contributed by atoms with Crippen molar-refractivity contribution in [3.63, 3.8) is 0 Å². The van der Waals surface area contributed by atoms with Gasteiger partial charge in [0.2, 0.25) is 0 Å². The minimum atomic E-state index is -0.764. The summed E-state index contributed by atoms with van der Waals surface area (Å²) in [4.78, 5) is 22.7. The Morgan fingerprint density at radius 2 is 2.00 bits per heavy atom. The van der Waals surface area contributed by atoms with Crippen LogP contribution in [-0.4, -0.2) is 27.6 Å². The van der Waals surface area contributed by atoms with E-state index in [1.807, 2.05) is 19.1 Å². The number of aliphatic hydroxyl groups is 1. The lowest BCUT2D eigenvalue weighted by molar-refractivity contribution is -0.137. The molecule has 1 fully saturated rings. The quantitative estimate of drug-likeness (QED) is 0.432. The summed E-state index contributed by atoms with van der Waals surface area (Å²) in [5, 5.41) is 19.5. The van der Waals surface area contributed by atoms with Gasteiger partial charge in [-0.05, 0) is 57.8 Å². The van der Waals surface area contributed by atoms with Crippen molar-refractivity contribution >= 4 is 11.8 Å². The highest BCUT2D eigenvalue weighted by atomic mass is 16.4. The van der Waals surface area contributed by atoms with Crippen LogP contribution in [0.15, 0.2) is 23.8 Å². The van der Waals surface area contributed by atoms with Gasteiger partial charge in [-0.25, -0.2) is 0 Å². The van der Waals surface area contributed by atoms with Crippen molar-refractivity contribution in [2.75, 3.05) is 0 Å². The van der Waals surface area contributed by atoms with Gasteiger partial charge in [-0.1, -0.05) is 43.1 Å². The number of carbonyl (C=O) groups is 2. The van der Waals surface area contributed by atoms with Crippen molar-refractivity contribution in [1.29, 1.82) is 0 Å². The predicted molar refractivity (Wildman–Crippen MR) is 103 cm³/mol. The zero-order valence-corrected chi connectivity index (χ0v) is 16.1. The average molecular weight is 363 g/mol. The summed E-state index contributed by atoms with van der Waals surface area (Å²) < 4.78 is 0. The van der Waals surface area contributed by atoms with E-state index in [2.05, 4.69) is 6.08 Å². The predicted octanol–water partition coefficient (Wildman–Crippen LogP) is 4.81. The SMILES string of the molecule is C[C@@](O)(CCC1=CCC(=O)[C@@H]1C/C=C\CCCC(=O)O)C1CCCCC1. The molecule has 0 saturated heterocycles. The third-order valence-corrected chi connectivity index (χ3v) is 6.11. The van der Waals surface area contributed by atoms with E-state index < -0.39 is 11.6 Å². The van der Waals surface area contributed by atoms with Gasteiger partial charge in [-0.15, -0.1) is 0 Å². The summed E-state index contributed by atoms with van der Waals surface area (Å²) in [5.74, 6) is -0.151. The number of Topliss-reactive ketones (excluding diaryl/α,β-unsaturated/α-hetero) is 1. The zero-order valence-electron chi connectivity index (χ0n) is 16.1. The zero-order chi connectivity index (χ0) is 19.0. The number of carboxylic acid groups (broad SMARTS) is 1. The van der Waals surface area contributed by atoms with Crippen LogP contribution in [-0.2, 0) is 9.59 Å². The highest BCUT2D eigenvalue weighted by Gasteiger charge is 2.34. The van der Waals surface area contributed by atoms with Gasteiger partial charge in [0.25, 0.3) is 0 Å². The second-order valence-corrected chi connectivity index (χ2v) is 8.19. The van der Waals surface area contributed by atoms with Gasteiger partial charge in [0.05, 0.1) is 5.60 Å². The molecule has 146 valence electrons. The van der Waals surface area contributed by atoms with Gasteiger partial charge in [-0.2, -0.15) is 0 Å². The lowest BCUT2D eigenvalue weighted by Crippen LogP contribution is -2.36. The fourth-order valence-corrected chi connectivity index (χ4v) is 4.33. The second kappa shape index (κ2) is 10.1. The molecular weight excluding hydrogens is 328 g/mol. The molecule has 0 radical (unpaired) electrons. The third-order valence-electron chi connectivity index (χ3n) is 6.11. The van der Waals surface area contributed by atoms with Crippen molar-refractivity contribution < 1.29 is 19.8 Å². The third kappa shape index (κ3) is 6.39. The average Bonchev–Trinajstić information content (AvgIpc) is 2.97. The fourth-order valence-electron chi connectivity index (χ4n) is 4.33. The number of hydrogen-bond donors (Lipinski definition) is 2. The van der Waals surface area contributed by atoms with Crippen molar-refractivity contribution in [3.05, 3.63) is 23.8 Å². The number of unbranched alkanes of at least 4 members (excludes halogenated alkanes) is 1. The monoisotopic (exact) mass is 362 g/mol. The standard InChI is InChI=1S/C22H34O4/c1-22(26,18-9-5-4-6-10-18)16-15-17-13-14-20(23)19(17)11-7-2-3-8-12-21(24)25/h2,7,13,18-19,26H,3-6,8-12,14-16H2,1H3,(H,24,25)/b7-2-/t19-,22-/m1/s1. The van der Waals surface area contributed by atoms with Crippen molar-refractivity contribution in [2.45, 2.75) is 89.6 Å². The van der Waals surface area contributed by atoms with Crippen LogP contribution >= 0.6 is 0 Å². The van der Waals surface area contributed by atoms with Gasteiger partial charge < -0.3 is 10.2 Å². The highest BCUT2D eigenvalue weighted by Crippen LogP contribution is 2.38. The second-order valence-electron chi connectivity index (χ2n) is 8.19. The number of rotatable bonds is 10. The summed E-state index contributed by atoms with van der Waals surface area (Å²) >= 11 is 0. The van der Waals surface area contributed by atoms with Crippen LogP contribution in [0.5, 0.6) is 0 Å². The Morgan fingerprint density at radius 3 is 2.69 bits per heavy atom. The Hall–Kier alpha value is -1.42. The molecule has 26 heavy (non-hydrogen) atoms.